The molecule has 1 fully saturated rings. The first-order valence-electron chi connectivity index (χ1n) is 7.57. The smallest absolute Gasteiger partial charge is 0.407 e. The summed E-state index contributed by atoms with van der Waals surface area (Å²) in [6.07, 6.45) is 2.52. The molecule has 3 N–H and O–H groups in total. The van der Waals surface area contributed by atoms with Gasteiger partial charge in [0.15, 0.2) is 0 Å². The molecule has 1 rings (SSSR count). The van der Waals surface area contributed by atoms with Crippen molar-refractivity contribution >= 4 is 6.09 Å². The zero-order valence-electron chi connectivity index (χ0n) is 13.4. The van der Waals surface area contributed by atoms with Crippen LogP contribution in [0.15, 0.2) is 0 Å². The summed E-state index contributed by atoms with van der Waals surface area (Å²) in [7, 11) is 0. The van der Waals surface area contributed by atoms with Crippen LogP contribution in [0.25, 0.3) is 0 Å². The number of carbonyl (C=O) groups is 1. The predicted octanol–water partition coefficient (Wildman–Crippen LogP) is 2.04. The third kappa shape index (κ3) is 6.09. The van der Waals surface area contributed by atoms with Crippen LogP contribution in [0.2, 0.25) is 0 Å². The molecule has 1 amide bonds. The van der Waals surface area contributed by atoms with Crippen molar-refractivity contribution in [2.45, 2.75) is 77.6 Å². The Balaban J connectivity index is 2.34. The first-order valence-corrected chi connectivity index (χ1v) is 7.57. The van der Waals surface area contributed by atoms with E-state index in [0.29, 0.717) is 12.0 Å². The highest BCUT2D eigenvalue weighted by molar-refractivity contribution is 5.68. The molecule has 5 heteroatoms. The molecule has 118 valence electrons. The molecule has 20 heavy (non-hydrogen) atoms. The first-order chi connectivity index (χ1) is 9.21. The topological polar surface area (TPSA) is 70.6 Å². The molecule has 0 spiro atoms. The van der Waals surface area contributed by atoms with Gasteiger partial charge in [-0.3, -0.25) is 0 Å². The number of amides is 1. The zero-order valence-corrected chi connectivity index (χ0v) is 13.4. The molecule has 1 saturated carbocycles. The molecule has 2 unspecified atom stereocenters. The van der Waals surface area contributed by atoms with Gasteiger partial charge in [-0.2, -0.15) is 0 Å². The summed E-state index contributed by atoms with van der Waals surface area (Å²) in [6.45, 7) is 9.93. The third-order valence-corrected chi connectivity index (χ3v) is 3.60. The van der Waals surface area contributed by atoms with Crippen LogP contribution in [0.5, 0.6) is 0 Å². The van der Waals surface area contributed by atoms with E-state index < -0.39 is 5.60 Å². The SMILES string of the molecule is CC(C)[C@@H](CO)NC1CCC(NC(=O)OC(C)(C)C)C1. The van der Waals surface area contributed by atoms with Crippen LogP contribution in [-0.2, 0) is 4.74 Å². The van der Waals surface area contributed by atoms with Gasteiger partial charge in [0.05, 0.1) is 6.61 Å². The minimum Gasteiger partial charge on any atom is -0.444 e. The van der Waals surface area contributed by atoms with E-state index in [0.717, 1.165) is 19.3 Å². The Hall–Kier alpha value is -0.810. The lowest BCUT2D eigenvalue weighted by atomic mass is 10.0. The molecule has 3 atom stereocenters. The monoisotopic (exact) mass is 286 g/mol. The van der Waals surface area contributed by atoms with Gasteiger partial charge in [-0.25, -0.2) is 4.79 Å². The summed E-state index contributed by atoms with van der Waals surface area (Å²) in [4.78, 5) is 11.7. The van der Waals surface area contributed by atoms with Gasteiger partial charge in [-0.1, -0.05) is 13.8 Å². The van der Waals surface area contributed by atoms with Crippen LogP contribution in [0, 0.1) is 5.92 Å². The maximum atomic E-state index is 11.7. The van der Waals surface area contributed by atoms with Gasteiger partial charge < -0.3 is 20.5 Å². The van der Waals surface area contributed by atoms with E-state index >= 15 is 0 Å². The molecule has 0 heterocycles. The Morgan fingerprint density at radius 2 is 1.90 bits per heavy atom. The minimum atomic E-state index is -0.458. The van der Waals surface area contributed by atoms with Gasteiger partial charge in [0.1, 0.15) is 5.60 Å². The molecule has 0 radical (unpaired) electrons. The van der Waals surface area contributed by atoms with Gasteiger partial charge >= 0.3 is 6.09 Å². The standard InChI is InChI=1S/C15H30N2O3/c1-10(2)13(9-18)16-11-6-7-12(8-11)17-14(19)20-15(3,4)5/h10-13,16,18H,6-9H2,1-5H3,(H,17,19)/t11?,12?,13-/m1/s1. The third-order valence-electron chi connectivity index (χ3n) is 3.60. The van der Waals surface area contributed by atoms with E-state index in [1.165, 1.54) is 0 Å². The van der Waals surface area contributed by atoms with Crippen molar-refractivity contribution < 1.29 is 14.6 Å². The van der Waals surface area contributed by atoms with Crippen molar-refractivity contribution in [3.63, 3.8) is 0 Å². The van der Waals surface area contributed by atoms with Crippen LogP contribution < -0.4 is 10.6 Å². The van der Waals surface area contributed by atoms with Crippen LogP contribution in [0.1, 0.15) is 53.9 Å². The lowest BCUT2D eigenvalue weighted by Crippen LogP contribution is -2.44. The fraction of sp³-hybridized carbons (Fsp3) is 0.933. The van der Waals surface area contributed by atoms with E-state index in [9.17, 15) is 9.90 Å². The first kappa shape index (κ1) is 17.2. The average molecular weight is 286 g/mol. The number of aliphatic hydroxyl groups is 1. The van der Waals surface area contributed by atoms with Gasteiger partial charge in [0.2, 0.25) is 0 Å². The average Bonchev–Trinajstić information content (AvgIpc) is 2.70. The van der Waals surface area contributed by atoms with Gasteiger partial charge in [0.25, 0.3) is 0 Å². The van der Waals surface area contributed by atoms with Gasteiger partial charge in [-0.15, -0.1) is 0 Å². The van der Waals surface area contributed by atoms with Crippen LogP contribution in [-0.4, -0.2) is 41.5 Å². The molecule has 1 aliphatic rings. The van der Waals surface area contributed by atoms with Crippen molar-refractivity contribution in [2.75, 3.05) is 6.61 Å². The minimum absolute atomic E-state index is 0.125. The molecule has 0 aromatic heterocycles. The Kier molecular flexibility index (Phi) is 6.27. The molecule has 1 aliphatic carbocycles. The van der Waals surface area contributed by atoms with Gasteiger partial charge in [0, 0.05) is 18.1 Å². The Morgan fingerprint density at radius 3 is 2.40 bits per heavy atom. The number of ether oxygens (including phenoxy) is 1. The number of carbonyl (C=O) groups excluding carboxylic acids is 1. The Bertz CT molecular complexity index is 313. The quantitative estimate of drug-likeness (QED) is 0.723. The molecule has 0 bridgehead atoms. The second-order valence-corrected chi connectivity index (χ2v) is 7.05. The van der Waals surface area contributed by atoms with E-state index in [1.54, 1.807) is 0 Å². The van der Waals surface area contributed by atoms with Crippen LogP contribution in [0.4, 0.5) is 4.79 Å². The van der Waals surface area contributed by atoms with Gasteiger partial charge in [-0.05, 0) is 46.0 Å². The zero-order chi connectivity index (χ0) is 15.3. The Morgan fingerprint density at radius 1 is 1.30 bits per heavy atom. The van der Waals surface area contributed by atoms with Crippen molar-refractivity contribution in [1.82, 2.24) is 10.6 Å². The lowest BCUT2D eigenvalue weighted by Gasteiger charge is -2.25. The summed E-state index contributed by atoms with van der Waals surface area (Å²) >= 11 is 0. The van der Waals surface area contributed by atoms with Crippen molar-refractivity contribution in [2.24, 2.45) is 5.92 Å². The van der Waals surface area contributed by atoms with Crippen molar-refractivity contribution in [3.8, 4) is 0 Å². The van der Waals surface area contributed by atoms with E-state index in [-0.39, 0.29) is 24.8 Å². The largest absolute Gasteiger partial charge is 0.444 e. The predicted molar refractivity (Wildman–Crippen MR) is 79.6 cm³/mol. The van der Waals surface area contributed by atoms with Crippen LogP contribution >= 0.6 is 0 Å². The summed E-state index contributed by atoms with van der Waals surface area (Å²) in [5.74, 6) is 0.401. The molecular formula is C15H30N2O3. The van der Waals surface area contributed by atoms with Crippen molar-refractivity contribution in [1.29, 1.82) is 0 Å². The molecule has 5 nitrogen and oxygen atoms in total. The number of rotatable bonds is 5. The number of alkyl carbamates (subject to hydrolysis) is 1. The number of aliphatic hydroxyl groups excluding tert-OH is 1. The molecule has 0 aromatic carbocycles. The second-order valence-electron chi connectivity index (χ2n) is 7.05. The summed E-state index contributed by atoms with van der Waals surface area (Å²) in [5, 5.41) is 15.7. The maximum Gasteiger partial charge on any atom is 0.407 e. The van der Waals surface area contributed by atoms with Crippen LogP contribution in [0.3, 0.4) is 0 Å². The summed E-state index contributed by atoms with van der Waals surface area (Å²) in [5.41, 5.74) is -0.458. The molecule has 0 aromatic rings. The number of nitrogens with one attached hydrogen (secondary N) is 2. The van der Waals surface area contributed by atoms with E-state index in [1.807, 2.05) is 20.8 Å². The molecular weight excluding hydrogens is 256 g/mol. The molecule has 0 aliphatic heterocycles. The normalized spacial score (nSPS) is 24.8. The van der Waals surface area contributed by atoms with Crippen molar-refractivity contribution in [3.05, 3.63) is 0 Å². The highest BCUT2D eigenvalue weighted by Gasteiger charge is 2.29. The van der Waals surface area contributed by atoms with E-state index in [4.69, 9.17) is 4.74 Å². The number of hydrogen-bond acceptors (Lipinski definition) is 4. The van der Waals surface area contributed by atoms with E-state index in [2.05, 4.69) is 24.5 Å². The summed E-state index contributed by atoms with van der Waals surface area (Å²) in [6, 6.07) is 0.642. The maximum absolute atomic E-state index is 11.7. The molecule has 0 saturated heterocycles. The lowest BCUT2D eigenvalue weighted by molar-refractivity contribution is 0.0504. The second kappa shape index (κ2) is 7.27. The fourth-order valence-corrected chi connectivity index (χ4v) is 2.50. The summed E-state index contributed by atoms with van der Waals surface area (Å²) < 4.78 is 5.26. The fourth-order valence-electron chi connectivity index (χ4n) is 2.50. The number of hydrogen-bond donors (Lipinski definition) is 3. The highest BCUT2D eigenvalue weighted by atomic mass is 16.6. The highest BCUT2D eigenvalue weighted by Crippen LogP contribution is 2.21. The Labute approximate surface area is 122 Å².